The molecule has 0 fully saturated rings. The van der Waals surface area contributed by atoms with Crippen molar-refractivity contribution in [1.29, 1.82) is 5.26 Å². The Hall–Kier alpha value is -2.58. The fraction of sp³-hybridized carbons (Fsp3) is 0.118. The highest BCUT2D eigenvalue weighted by Crippen LogP contribution is 2.25. The molecule has 3 rings (SSSR count). The Morgan fingerprint density at radius 2 is 1.91 bits per heavy atom. The molecule has 0 bridgehead atoms. The van der Waals surface area contributed by atoms with Crippen molar-refractivity contribution in [3.05, 3.63) is 60.4 Å². The smallest absolute Gasteiger partial charge is 0.152 e. The average molecular weight is 306 g/mol. The average Bonchev–Trinajstić information content (AvgIpc) is 2.99. The van der Waals surface area contributed by atoms with E-state index in [0.717, 1.165) is 21.8 Å². The van der Waals surface area contributed by atoms with Crippen LogP contribution < -0.4 is 0 Å². The lowest BCUT2D eigenvalue weighted by atomic mass is 10.2. The van der Waals surface area contributed by atoms with Crippen LogP contribution in [0.5, 0.6) is 0 Å². The first kappa shape index (κ1) is 14.4. The predicted molar refractivity (Wildman–Crippen MR) is 91.5 cm³/mol. The van der Waals surface area contributed by atoms with Crippen LogP contribution in [0, 0.1) is 11.3 Å². The molecule has 1 heterocycles. The van der Waals surface area contributed by atoms with Gasteiger partial charge in [-0.25, -0.2) is 9.98 Å². The van der Waals surface area contributed by atoms with Gasteiger partial charge in [0.05, 0.1) is 27.8 Å². The number of para-hydroxylation sites is 3. The van der Waals surface area contributed by atoms with Crippen molar-refractivity contribution < 1.29 is 0 Å². The first-order chi connectivity index (χ1) is 10.8. The quantitative estimate of drug-likeness (QED) is 0.580. The van der Waals surface area contributed by atoms with Crippen LogP contribution in [-0.2, 0) is 0 Å². The van der Waals surface area contributed by atoms with Gasteiger partial charge in [-0.3, -0.25) is 0 Å². The number of nitrogens with one attached hydrogen (secondary N) is 1. The van der Waals surface area contributed by atoms with Crippen molar-refractivity contribution in [3.63, 3.8) is 0 Å². The molecule has 22 heavy (non-hydrogen) atoms. The Balaban J connectivity index is 2.02. The van der Waals surface area contributed by atoms with E-state index in [9.17, 15) is 5.26 Å². The standard InChI is InChI=1S/C17H14N4S/c1-22-17(19-12-7-3-2-4-8-12)13(11-18)16-20-14-9-5-6-10-15(14)21-16/h2-10,13H,1H3,(H,20,21)/t13-/m0/s1. The third-order valence-electron chi connectivity index (χ3n) is 3.26. The lowest BCUT2D eigenvalue weighted by Crippen LogP contribution is -2.08. The Bertz CT molecular complexity index is 813. The van der Waals surface area contributed by atoms with Gasteiger partial charge in [-0.15, -0.1) is 11.8 Å². The summed E-state index contributed by atoms with van der Waals surface area (Å²) in [6.45, 7) is 0. The van der Waals surface area contributed by atoms with Gasteiger partial charge in [-0.2, -0.15) is 5.26 Å². The fourth-order valence-electron chi connectivity index (χ4n) is 2.20. The maximum Gasteiger partial charge on any atom is 0.152 e. The largest absolute Gasteiger partial charge is 0.341 e. The highest BCUT2D eigenvalue weighted by molar-refractivity contribution is 8.13. The molecule has 0 saturated heterocycles. The third kappa shape index (κ3) is 2.87. The molecule has 0 aliphatic heterocycles. The van der Waals surface area contributed by atoms with E-state index < -0.39 is 5.92 Å². The first-order valence-electron chi connectivity index (χ1n) is 6.83. The number of hydrogen-bond donors (Lipinski definition) is 1. The Morgan fingerprint density at radius 1 is 1.18 bits per heavy atom. The number of nitrogens with zero attached hydrogens (tertiary/aromatic N) is 3. The molecule has 5 heteroatoms. The summed E-state index contributed by atoms with van der Waals surface area (Å²) in [5.41, 5.74) is 2.62. The number of aromatic amines is 1. The van der Waals surface area contributed by atoms with E-state index in [1.165, 1.54) is 11.8 Å². The Morgan fingerprint density at radius 3 is 2.59 bits per heavy atom. The molecule has 1 N–H and O–H groups in total. The highest BCUT2D eigenvalue weighted by Gasteiger charge is 2.21. The fourth-order valence-corrected chi connectivity index (χ4v) is 2.80. The first-order valence-corrected chi connectivity index (χ1v) is 8.06. The highest BCUT2D eigenvalue weighted by atomic mass is 32.2. The summed E-state index contributed by atoms with van der Waals surface area (Å²) in [5.74, 6) is 0.135. The summed E-state index contributed by atoms with van der Waals surface area (Å²) in [6, 6.07) is 19.7. The van der Waals surface area contributed by atoms with Crippen molar-refractivity contribution in [2.75, 3.05) is 6.26 Å². The summed E-state index contributed by atoms with van der Waals surface area (Å²) >= 11 is 1.47. The summed E-state index contributed by atoms with van der Waals surface area (Å²) in [5, 5.41) is 10.3. The van der Waals surface area contributed by atoms with Crippen LogP contribution in [0.2, 0.25) is 0 Å². The zero-order chi connectivity index (χ0) is 15.4. The van der Waals surface area contributed by atoms with Gasteiger partial charge < -0.3 is 4.98 Å². The molecular weight excluding hydrogens is 292 g/mol. The van der Waals surface area contributed by atoms with Gasteiger partial charge in [0.15, 0.2) is 5.92 Å². The van der Waals surface area contributed by atoms with Crippen LogP contribution in [0.4, 0.5) is 5.69 Å². The molecule has 1 aromatic heterocycles. The normalized spacial score (nSPS) is 13.0. The number of nitriles is 1. The molecule has 0 aliphatic rings. The lowest BCUT2D eigenvalue weighted by Gasteiger charge is -2.08. The minimum absolute atomic E-state index is 0.498. The monoisotopic (exact) mass is 306 g/mol. The maximum atomic E-state index is 9.58. The van der Waals surface area contributed by atoms with Crippen LogP contribution in [0.1, 0.15) is 11.7 Å². The number of H-pyrrole nitrogens is 1. The van der Waals surface area contributed by atoms with E-state index in [-0.39, 0.29) is 0 Å². The molecule has 0 saturated carbocycles. The SMILES string of the molecule is CSC(=Nc1ccccc1)[C@@H](C#N)c1nc2ccccc2[nH]1. The van der Waals surface area contributed by atoms with Gasteiger partial charge in [0, 0.05) is 0 Å². The molecule has 2 aromatic carbocycles. The number of benzene rings is 2. The van der Waals surface area contributed by atoms with Crippen LogP contribution >= 0.6 is 11.8 Å². The number of hydrogen-bond acceptors (Lipinski definition) is 4. The summed E-state index contributed by atoms with van der Waals surface area (Å²) < 4.78 is 0. The zero-order valence-electron chi connectivity index (χ0n) is 12.0. The van der Waals surface area contributed by atoms with Gasteiger partial charge in [-0.05, 0) is 30.5 Å². The molecule has 108 valence electrons. The summed E-state index contributed by atoms with van der Waals surface area (Å²) in [4.78, 5) is 12.3. The van der Waals surface area contributed by atoms with Gasteiger partial charge >= 0.3 is 0 Å². The van der Waals surface area contributed by atoms with Crippen molar-refractivity contribution in [1.82, 2.24) is 9.97 Å². The van der Waals surface area contributed by atoms with Crippen LogP contribution in [-0.4, -0.2) is 21.3 Å². The number of thioether (sulfide) groups is 1. The molecule has 0 unspecified atom stereocenters. The topological polar surface area (TPSA) is 64.8 Å². The number of rotatable bonds is 3. The van der Waals surface area contributed by atoms with Crippen LogP contribution in [0.15, 0.2) is 59.6 Å². The van der Waals surface area contributed by atoms with Crippen molar-refractivity contribution in [2.45, 2.75) is 5.92 Å². The van der Waals surface area contributed by atoms with E-state index >= 15 is 0 Å². The number of aromatic nitrogens is 2. The van der Waals surface area contributed by atoms with E-state index in [1.54, 1.807) is 0 Å². The number of imidazole rings is 1. The van der Waals surface area contributed by atoms with Crippen molar-refractivity contribution >= 4 is 33.5 Å². The van der Waals surface area contributed by atoms with Crippen LogP contribution in [0.25, 0.3) is 11.0 Å². The summed E-state index contributed by atoms with van der Waals surface area (Å²) in [6.07, 6.45) is 1.93. The van der Waals surface area contributed by atoms with Gasteiger partial charge in [0.25, 0.3) is 0 Å². The molecule has 4 nitrogen and oxygen atoms in total. The maximum absolute atomic E-state index is 9.58. The van der Waals surface area contributed by atoms with Crippen LogP contribution in [0.3, 0.4) is 0 Å². The minimum atomic E-state index is -0.498. The molecule has 0 aliphatic carbocycles. The second-order valence-corrected chi connectivity index (χ2v) is 5.52. The Kier molecular flexibility index (Phi) is 4.22. The third-order valence-corrected chi connectivity index (χ3v) is 4.01. The zero-order valence-corrected chi connectivity index (χ0v) is 12.8. The number of fused-ring (bicyclic) bond motifs is 1. The van der Waals surface area contributed by atoms with E-state index in [2.05, 4.69) is 21.0 Å². The van der Waals surface area contributed by atoms with Crippen molar-refractivity contribution in [2.24, 2.45) is 4.99 Å². The molecule has 1 atom stereocenters. The van der Waals surface area contributed by atoms with E-state index in [1.807, 2.05) is 60.9 Å². The van der Waals surface area contributed by atoms with E-state index in [4.69, 9.17) is 0 Å². The molecule has 0 radical (unpaired) electrons. The predicted octanol–water partition coefficient (Wildman–Crippen LogP) is 4.26. The molecule has 0 amide bonds. The number of aliphatic imine (C=N–C) groups is 1. The lowest BCUT2D eigenvalue weighted by molar-refractivity contribution is 1.02. The Labute approximate surface area is 132 Å². The van der Waals surface area contributed by atoms with Gasteiger partial charge in [-0.1, -0.05) is 30.3 Å². The van der Waals surface area contributed by atoms with Gasteiger partial charge in [0.2, 0.25) is 0 Å². The summed E-state index contributed by atoms with van der Waals surface area (Å²) in [7, 11) is 0. The van der Waals surface area contributed by atoms with Gasteiger partial charge in [0.1, 0.15) is 5.82 Å². The second-order valence-electron chi connectivity index (χ2n) is 4.69. The second kappa shape index (κ2) is 6.46. The molecular formula is C17H14N4S. The minimum Gasteiger partial charge on any atom is -0.341 e. The van der Waals surface area contributed by atoms with Crippen molar-refractivity contribution in [3.8, 4) is 6.07 Å². The van der Waals surface area contributed by atoms with E-state index in [0.29, 0.717) is 5.82 Å². The molecule has 3 aromatic rings. The molecule has 0 spiro atoms.